The van der Waals surface area contributed by atoms with Gasteiger partial charge in [-0.1, -0.05) is 22.9 Å². The monoisotopic (exact) mass is 342 g/mol. The third kappa shape index (κ3) is 4.82. The maximum atomic E-state index is 11.9. The van der Waals surface area contributed by atoms with Gasteiger partial charge in [-0.15, -0.1) is 11.8 Å². The largest absolute Gasteiger partial charge is 0.355 e. The fourth-order valence-corrected chi connectivity index (χ4v) is 3.24. The van der Waals surface area contributed by atoms with Gasteiger partial charge in [-0.25, -0.2) is 0 Å². The van der Waals surface area contributed by atoms with Gasteiger partial charge in [-0.3, -0.25) is 4.79 Å². The molecule has 1 fully saturated rings. The van der Waals surface area contributed by atoms with Crippen LogP contribution in [0.3, 0.4) is 0 Å². The number of hydrogen-bond acceptors (Lipinski definition) is 3. The van der Waals surface area contributed by atoms with Crippen molar-refractivity contribution in [2.75, 3.05) is 19.6 Å². The molecule has 2 N–H and O–H groups in total. The van der Waals surface area contributed by atoms with Crippen LogP contribution >= 0.6 is 27.7 Å². The van der Waals surface area contributed by atoms with E-state index in [-0.39, 0.29) is 11.8 Å². The average molecular weight is 343 g/mol. The van der Waals surface area contributed by atoms with Gasteiger partial charge in [0, 0.05) is 27.7 Å². The summed E-state index contributed by atoms with van der Waals surface area (Å²) in [5.41, 5.74) is 0. The van der Waals surface area contributed by atoms with E-state index in [4.69, 9.17) is 0 Å². The lowest BCUT2D eigenvalue weighted by Crippen LogP contribution is -2.35. The van der Waals surface area contributed by atoms with Gasteiger partial charge in [0.05, 0.1) is 5.92 Å². The fraction of sp³-hybridized carbons (Fsp3) is 0.500. The number of carbonyl (C=O) groups is 1. The van der Waals surface area contributed by atoms with E-state index in [1.54, 1.807) is 11.8 Å². The summed E-state index contributed by atoms with van der Waals surface area (Å²) < 4.78 is 1.09. The Bertz CT molecular complexity index is 418. The third-order valence-electron chi connectivity index (χ3n) is 3.15. The number of nitrogens with one attached hydrogen (secondary N) is 2. The SMILES string of the molecule is CC(CNC(=O)C1CCNC1)Sc1ccc(Br)cc1. The highest BCUT2D eigenvalue weighted by Gasteiger charge is 2.22. The molecular formula is C14H19BrN2OS. The van der Waals surface area contributed by atoms with Crippen molar-refractivity contribution in [2.24, 2.45) is 5.92 Å². The van der Waals surface area contributed by atoms with E-state index in [1.807, 2.05) is 12.1 Å². The molecule has 0 radical (unpaired) electrons. The van der Waals surface area contributed by atoms with E-state index in [1.165, 1.54) is 4.90 Å². The third-order valence-corrected chi connectivity index (χ3v) is 4.79. The maximum absolute atomic E-state index is 11.9. The predicted molar refractivity (Wildman–Crippen MR) is 83.4 cm³/mol. The Balaban J connectivity index is 1.73. The van der Waals surface area contributed by atoms with E-state index in [9.17, 15) is 4.79 Å². The van der Waals surface area contributed by atoms with Gasteiger partial charge < -0.3 is 10.6 Å². The average Bonchev–Trinajstić information content (AvgIpc) is 2.93. The maximum Gasteiger partial charge on any atom is 0.224 e. The van der Waals surface area contributed by atoms with Crippen LogP contribution in [0.5, 0.6) is 0 Å². The van der Waals surface area contributed by atoms with Crippen LogP contribution in [0.15, 0.2) is 33.6 Å². The molecule has 1 aliphatic rings. The van der Waals surface area contributed by atoms with Crippen LogP contribution in [0.4, 0.5) is 0 Å². The van der Waals surface area contributed by atoms with Crippen molar-refractivity contribution in [2.45, 2.75) is 23.5 Å². The van der Waals surface area contributed by atoms with Crippen LogP contribution < -0.4 is 10.6 Å². The molecule has 1 heterocycles. The quantitative estimate of drug-likeness (QED) is 0.808. The van der Waals surface area contributed by atoms with Gasteiger partial charge in [0.2, 0.25) is 5.91 Å². The van der Waals surface area contributed by atoms with Crippen LogP contribution in [0, 0.1) is 5.92 Å². The standard InChI is InChI=1S/C14H19BrN2OS/c1-10(19-13-4-2-12(15)3-5-13)8-17-14(18)11-6-7-16-9-11/h2-5,10-11,16H,6-9H2,1H3,(H,17,18). The normalized spacial score (nSPS) is 20.2. The van der Waals surface area contributed by atoms with E-state index >= 15 is 0 Å². The summed E-state index contributed by atoms with van der Waals surface area (Å²) in [5.74, 6) is 0.345. The van der Waals surface area contributed by atoms with Crippen LogP contribution in [0.25, 0.3) is 0 Å². The van der Waals surface area contributed by atoms with Crippen LogP contribution in [0.1, 0.15) is 13.3 Å². The highest BCUT2D eigenvalue weighted by molar-refractivity contribution is 9.10. The minimum atomic E-state index is 0.157. The Morgan fingerprint density at radius 3 is 2.89 bits per heavy atom. The molecule has 19 heavy (non-hydrogen) atoms. The highest BCUT2D eigenvalue weighted by Crippen LogP contribution is 2.24. The van der Waals surface area contributed by atoms with E-state index in [0.29, 0.717) is 5.25 Å². The molecule has 0 saturated carbocycles. The zero-order valence-electron chi connectivity index (χ0n) is 11.0. The molecule has 3 nitrogen and oxygen atoms in total. The molecule has 2 atom stereocenters. The minimum Gasteiger partial charge on any atom is -0.355 e. The Morgan fingerprint density at radius 1 is 1.53 bits per heavy atom. The molecule has 0 bridgehead atoms. The Kier molecular flexibility index (Phi) is 5.73. The van der Waals surface area contributed by atoms with Gasteiger partial charge in [-0.2, -0.15) is 0 Å². The zero-order valence-corrected chi connectivity index (χ0v) is 13.4. The number of carbonyl (C=O) groups excluding carboxylic acids is 1. The summed E-state index contributed by atoms with van der Waals surface area (Å²) in [4.78, 5) is 13.1. The summed E-state index contributed by atoms with van der Waals surface area (Å²) in [7, 11) is 0. The fourth-order valence-electron chi connectivity index (χ4n) is 2.05. The van der Waals surface area contributed by atoms with Gasteiger partial charge in [0.25, 0.3) is 0 Å². The van der Waals surface area contributed by atoms with Crippen molar-refractivity contribution in [3.8, 4) is 0 Å². The lowest BCUT2D eigenvalue weighted by molar-refractivity contribution is -0.124. The summed E-state index contributed by atoms with van der Waals surface area (Å²) in [6.45, 7) is 4.64. The molecule has 0 aromatic heterocycles. The van der Waals surface area contributed by atoms with Crippen molar-refractivity contribution >= 4 is 33.6 Å². The molecule has 0 aliphatic carbocycles. The lowest BCUT2D eigenvalue weighted by Gasteiger charge is -2.14. The van der Waals surface area contributed by atoms with Crippen molar-refractivity contribution in [1.29, 1.82) is 0 Å². The highest BCUT2D eigenvalue weighted by atomic mass is 79.9. The number of amides is 1. The molecule has 1 amide bonds. The van der Waals surface area contributed by atoms with E-state index in [2.05, 4.69) is 45.6 Å². The first-order valence-electron chi connectivity index (χ1n) is 6.56. The van der Waals surface area contributed by atoms with E-state index < -0.39 is 0 Å². The second kappa shape index (κ2) is 7.31. The van der Waals surface area contributed by atoms with Crippen molar-refractivity contribution in [3.63, 3.8) is 0 Å². The van der Waals surface area contributed by atoms with Gasteiger partial charge >= 0.3 is 0 Å². The van der Waals surface area contributed by atoms with Gasteiger partial charge in [-0.05, 0) is 37.2 Å². The summed E-state index contributed by atoms with van der Waals surface area (Å²) in [5, 5.41) is 6.64. The number of halogens is 1. The molecule has 2 rings (SSSR count). The zero-order chi connectivity index (χ0) is 13.7. The summed E-state index contributed by atoms with van der Waals surface area (Å²) >= 11 is 5.21. The number of hydrogen-bond donors (Lipinski definition) is 2. The molecule has 2 unspecified atom stereocenters. The Hall–Kier alpha value is -0.520. The first-order chi connectivity index (χ1) is 9.15. The van der Waals surface area contributed by atoms with Gasteiger partial charge in [0.1, 0.15) is 0 Å². The first-order valence-corrected chi connectivity index (χ1v) is 8.23. The van der Waals surface area contributed by atoms with Crippen molar-refractivity contribution in [1.82, 2.24) is 10.6 Å². The summed E-state index contributed by atoms with van der Waals surface area (Å²) in [6.07, 6.45) is 0.958. The minimum absolute atomic E-state index is 0.157. The molecule has 1 aliphatic heterocycles. The second-order valence-electron chi connectivity index (χ2n) is 4.82. The molecule has 0 spiro atoms. The van der Waals surface area contributed by atoms with Crippen molar-refractivity contribution < 1.29 is 4.79 Å². The van der Waals surface area contributed by atoms with Crippen molar-refractivity contribution in [3.05, 3.63) is 28.7 Å². The van der Waals surface area contributed by atoms with Crippen LogP contribution in [0.2, 0.25) is 0 Å². The molecule has 1 saturated heterocycles. The molecule has 1 aromatic rings. The summed E-state index contributed by atoms with van der Waals surface area (Å²) in [6, 6.07) is 8.26. The topological polar surface area (TPSA) is 41.1 Å². The molecular weight excluding hydrogens is 324 g/mol. The van der Waals surface area contributed by atoms with Crippen LogP contribution in [-0.2, 0) is 4.79 Å². The van der Waals surface area contributed by atoms with Gasteiger partial charge in [0.15, 0.2) is 0 Å². The molecule has 104 valence electrons. The number of rotatable bonds is 5. The van der Waals surface area contributed by atoms with E-state index in [0.717, 1.165) is 30.5 Å². The molecule has 5 heteroatoms. The lowest BCUT2D eigenvalue weighted by atomic mass is 10.1. The smallest absolute Gasteiger partial charge is 0.224 e. The molecule has 1 aromatic carbocycles. The van der Waals surface area contributed by atoms with Crippen LogP contribution in [-0.4, -0.2) is 30.8 Å². The number of benzene rings is 1. The first kappa shape index (κ1) is 14.9. The Morgan fingerprint density at radius 2 is 2.26 bits per heavy atom. The second-order valence-corrected chi connectivity index (χ2v) is 7.24. The Labute approximate surface area is 127 Å². The number of thioether (sulfide) groups is 1. The predicted octanol–water partition coefficient (Wildman–Crippen LogP) is 2.66.